The summed E-state index contributed by atoms with van der Waals surface area (Å²) >= 11 is 0. The van der Waals surface area contributed by atoms with Gasteiger partial charge in [-0.3, -0.25) is 18.6 Å². The third-order valence-corrected chi connectivity index (χ3v) is 10.1. The normalized spacial score (nSPS) is 14.7. The molecule has 0 aromatic rings. The van der Waals surface area contributed by atoms with Crippen LogP contribution in [-0.4, -0.2) is 86.1 Å². The van der Waals surface area contributed by atoms with Crippen molar-refractivity contribution in [1.82, 2.24) is 0 Å². The first kappa shape index (κ1) is 54.7. The Bertz CT molecular complexity index is 1170. The zero-order chi connectivity index (χ0) is 42.3. The molecule has 0 radical (unpaired) electrons. The van der Waals surface area contributed by atoms with E-state index in [1.54, 1.807) is 6.08 Å². The largest absolute Gasteiger partial charge is 0.472 e. The first-order valence-corrected chi connectivity index (χ1v) is 23.6. The van der Waals surface area contributed by atoms with Crippen molar-refractivity contribution < 1.29 is 47.2 Å². The lowest BCUT2D eigenvalue weighted by atomic mass is 10.1. The van der Waals surface area contributed by atoms with E-state index in [1.165, 1.54) is 44.9 Å². The highest BCUT2D eigenvalue weighted by Crippen LogP contribution is 2.43. The van der Waals surface area contributed by atoms with Gasteiger partial charge >= 0.3 is 19.8 Å². The molecule has 0 rings (SSSR count). The van der Waals surface area contributed by atoms with Crippen molar-refractivity contribution >= 4 is 19.8 Å². The van der Waals surface area contributed by atoms with Crippen LogP contribution in [0.15, 0.2) is 60.8 Å². The topological polar surface area (TPSA) is 129 Å². The van der Waals surface area contributed by atoms with E-state index < -0.39 is 38.6 Å². The number of unbranched alkanes of at least 4 members (excludes halogenated alkanes) is 14. The molecule has 3 atom stereocenters. The van der Waals surface area contributed by atoms with E-state index in [2.05, 4.69) is 56.4 Å². The number of aliphatic hydroxyl groups excluding tert-OH is 1. The van der Waals surface area contributed by atoms with Crippen LogP contribution in [0.25, 0.3) is 0 Å². The molecule has 0 aliphatic heterocycles. The molecular formula is C46H83NO9P+. The van der Waals surface area contributed by atoms with Crippen LogP contribution >= 0.6 is 7.82 Å². The molecule has 0 aromatic heterocycles. The van der Waals surface area contributed by atoms with Crippen molar-refractivity contribution in [1.29, 1.82) is 0 Å². The number of hydrogen-bond donors (Lipinski definition) is 2. The number of allylic oxidation sites excluding steroid dienone is 9. The number of rotatable bonds is 39. The third kappa shape index (κ3) is 41.6. The molecule has 57 heavy (non-hydrogen) atoms. The Labute approximate surface area is 348 Å². The van der Waals surface area contributed by atoms with Crippen molar-refractivity contribution in [3.63, 3.8) is 0 Å². The SMILES string of the molecule is CC/C=C/C/C=C/C=C/C(O)CCCCCCCC(=O)O[C@H](COC(=O)CCCCCCCCC/C=C\C/C=C\CCCCC)COP(=O)(O)OCC[N+](C)(C)C. The summed E-state index contributed by atoms with van der Waals surface area (Å²) < 4.78 is 34.2. The smallest absolute Gasteiger partial charge is 0.462 e. The average molecular weight is 825 g/mol. The van der Waals surface area contributed by atoms with Crippen molar-refractivity contribution in [2.45, 2.75) is 174 Å². The number of carbonyl (C=O) groups is 2. The number of nitrogens with zero attached hydrogens (tertiary/aromatic N) is 1. The van der Waals surface area contributed by atoms with Crippen LogP contribution in [0.1, 0.15) is 162 Å². The van der Waals surface area contributed by atoms with Crippen molar-refractivity contribution in [3.05, 3.63) is 60.8 Å². The van der Waals surface area contributed by atoms with Gasteiger partial charge in [-0.2, -0.15) is 0 Å². The maximum atomic E-state index is 12.7. The van der Waals surface area contributed by atoms with Crippen LogP contribution in [0.2, 0.25) is 0 Å². The molecule has 0 amide bonds. The molecule has 0 aliphatic carbocycles. The highest BCUT2D eigenvalue weighted by Gasteiger charge is 2.27. The fourth-order valence-electron chi connectivity index (χ4n) is 5.64. The molecule has 0 fully saturated rings. The van der Waals surface area contributed by atoms with Crippen molar-refractivity contribution in [2.24, 2.45) is 0 Å². The summed E-state index contributed by atoms with van der Waals surface area (Å²) in [5.74, 6) is -0.888. The van der Waals surface area contributed by atoms with Gasteiger partial charge in [0.05, 0.1) is 33.9 Å². The highest BCUT2D eigenvalue weighted by molar-refractivity contribution is 7.47. The number of carbonyl (C=O) groups excluding carboxylic acids is 2. The minimum absolute atomic E-state index is 0.00955. The molecule has 0 saturated carbocycles. The van der Waals surface area contributed by atoms with Gasteiger partial charge in [0.15, 0.2) is 6.10 Å². The Kier molecular flexibility index (Phi) is 36.4. The second-order valence-electron chi connectivity index (χ2n) is 15.9. The number of phosphoric acid groups is 1. The monoisotopic (exact) mass is 825 g/mol. The molecule has 0 bridgehead atoms. The Balaban J connectivity index is 4.46. The van der Waals surface area contributed by atoms with Gasteiger partial charge in [0.25, 0.3) is 0 Å². The number of phosphoric ester groups is 1. The lowest BCUT2D eigenvalue weighted by molar-refractivity contribution is -0.870. The molecule has 2 N–H and O–H groups in total. The van der Waals surface area contributed by atoms with Crippen LogP contribution in [0.4, 0.5) is 0 Å². The van der Waals surface area contributed by atoms with E-state index in [9.17, 15) is 24.2 Å². The van der Waals surface area contributed by atoms with Gasteiger partial charge in [-0.25, -0.2) is 4.57 Å². The van der Waals surface area contributed by atoms with Gasteiger partial charge in [-0.1, -0.05) is 145 Å². The number of ether oxygens (including phenoxy) is 2. The Morgan fingerprint density at radius 2 is 1.21 bits per heavy atom. The Morgan fingerprint density at radius 1 is 0.649 bits per heavy atom. The van der Waals surface area contributed by atoms with Crippen LogP contribution in [-0.2, 0) is 32.7 Å². The predicted octanol–water partition coefficient (Wildman–Crippen LogP) is 11.4. The first-order chi connectivity index (χ1) is 27.4. The van der Waals surface area contributed by atoms with Crippen molar-refractivity contribution in [3.8, 4) is 0 Å². The molecule has 2 unspecified atom stereocenters. The summed E-state index contributed by atoms with van der Waals surface area (Å²) in [6.45, 7) is 4.13. The summed E-state index contributed by atoms with van der Waals surface area (Å²) in [6, 6.07) is 0. The molecule has 0 aromatic carbocycles. The van der Waals surface area contributed by atoms with Gasteiger partial charge in [0.2, 0.25) is 0 Å². The fraction of sp³-hybridized carbons (Fsp3) is 0.739. The minimum atomic E-state index is -4.40. The zero-order valence-electron chi connectivity index (χ0n) is 36.7. The number of aliphatic hydroxyl groups is 1. The van der Waals surface area contributed by atoms with E-state index in [-0.39, 0.29) is 26.1 Å². The summed E-state index contributed by atoms with van der Waals surface area (Å²) in [5, 5.41) is 10.2. The van der Waals surface area contributed by atoms with Crippen LogP contribution in [0.5, 0.6) is 0 Å². The standard InChI is InChI=1S/C46H82NO9P/c1-6-8-10-12-14-15-16-17-18-19-20-21-22-23-25-29-33-37-45(49)53-41-44(42-55-57(51,52)54-40-39-47(3,4)5)56-46(50)38-34-30-26-28-32-36-43(48)35-31-27-24-13-11-9-7-2/h9,11,14-15,17-18,24,27,31,35,43-44,48H,6-8,10,12-13,16,19-23,25-26,28-30,32-34,36-42H2,1-5H3/p+1/b11-9+,15-14-,18-17-,27-24+,35-31+/t43?,44-/m1/s1. The molecule has 11 heteroatoms. The lowest BCUT2D eigenvalue weighted by Gasteiger charge is -2.24. The van der Waals surface area contributed by atoms with Gasteiger partial charge in [0.1, 0.15) is 19.8 Å². The minimum Gasteiger partial charge on any atom is -0.462 e. The highest BCUT2D eigenvalue weighted by atomic mass is 31.2. The Morgan fingerprint density at radius 3 is 1.84 bits per heavy atom. The van der Waals surface area contributed by atoms with Crippen LogP contribution in [0, 0.1) is 0 Å². The van der Waals surface area contributed by atoms with E-state index in [1.807, 2.05) is 33.3 Å². The number of hydrogen-bond acceptors (Lipinski definition) is 8. The van der Waals surface area contributed by atoms with Crippen LogP contribution < -0.4 is 0 Å². The fourth-order valence-corrected chi connectivity index (χ4v) is 6.38. The quantitative estimate of drug-likeness (QED) is 0.0155. The van der Waals surface area contributed by atoms with Crippen molar-refractivity contribution in [2.75, 3.05) is 47.5 Å². The van der Waals surface area contributed by atoms with E-state index >= 15 is 0 Å². The van der Waals surface area contributed by atoms with E-state index in [0.717, 1.165) is 70.6 Å². The summed E-state index contributed by atoms with van der Waals surface area (Å²) in [5.41, 5.74) is 0. The molecule has 330 valence electrons. The predicted molar refractivity (Wildman–Crippen MR) is 235 cm³/mol. The number of likely N-dealkylation sites (N-methyl/N-ethyl adjacent to an activating group) is 1. The number of quaternary nitrogens is 1. The first-order valence-electron chi connectivity index (χ1n) is 22.1. The second-order valence-corrected chi connectivity index (χ2v) is 17.3. The zero-order valence-corrected chi connectivity index (χ0v) is 37.6. The summed E-state index contributed by atoms with van der Waals surface area (Å²) in [7, 11) is 1.40. The average Bonchev–Trinajstić information content (AvgIpc) is 3.15. The summed E-state index contributed by atoms with van der Waals surface area (Å²) in [6.07, 6.45) is 41.4. The van der Waals surface area contributed by atoms with E-state index in [0.29, 0.717) is 30.3 Å². The summed E-state index contributed by atoms with van der Waals surface area (Å²) in [4.78, 5) is 35.4. The van der Waals surface area contributed by atoms with Gasteiger partial charge in [0, 0.05) is 12.8 Å². The molecule has 0 spiro atoms. The Hall–Kier alpha value is -2.33. The molecule has 0 aliphatic rings. The second kappa shape index (κ2) is 37.9. The molecule has 0 saturated heterocycles. The molecular weight excluding hydrogens is 741 g/mol. The molecule has 10 nitrogen and oxygen atoms in total. The van der Waals surface area contributed by atoms with Gasteiger partial charge < -0.3 is 24.0 Å². The number of esters is 2. The van der Waals surface area contributed by atoms with Crippen LogP contribution in [0.3, 0.4) is 0 Å². The van der Waals surface area contributed by atoms with Gasteiger partial charge in [-0.15, -0.1) is 0 Å². The maximum Gasteiger partial charge on any atom is 0.472 e. The third-order valence-electron chi connectivity index (χ3n) is 9.14. The maximum absolute atomic E-state index is 12.7. The van der Waals surface area contributed by atoms with Gasteiger partial charge in [-0.05, 0) is 64.2 Å². The molecule has 0 heterocycles. The lowest BCUT2D eigenvalue weighted by Crippen LogP contribution is -2.37. The van der Waals surface area contributed by atoms with E-state index in [4.69, 9.17) is 18.5 Å².